The molecule has 5 heteroatoms. The number of piperazine rings is 1. The van der Waals surface area contributed by atoms with Crippen LogP contribution in [-0.4, -0.2) is 70.3 Å². The van der Waals surface area contributed by atoms with Gasteiger partial charge in [-0.25, -0.2) is 0 Å². The maximum absolute atomic E-state index is 11.2. The predicted molar refractivity (Wildman–Crippen MR) is 72.2 cm³/mol. The van der Waals surface area contributed by atoms with Crippen molar-refractivity contribution in [2.75, 3.05) is 39.3 Å². The van der Waals surface area contributed by atoms with E-state index >= 15 is 0 Å². The molecular weight excluding hydrogens is 410 g/mol. The Morgan fingerprint density at radius 2 is 1.89 bits per heavy atom. The molecule has 2 rings (SSSR count). The van der Waals surface area contributed by atoms with Crippen LogP contribution in [0.5, 0.6) is 0 Å². The van der Waals surface area contributed by atoms with Crippen molar-refractivity contribution < 1.29 is 24.1 Å². The molecule has 0 N–H and O–H groups in total. The maximum atomic E-state index is 11.2. The van der Waals surface area contributed by atoms with Gasteiger partial charge in [0.1, 0.15) is 0 Å². The van der Waals surface area contributed by atoms with Crippen molar-refractivity contribution in [3.05, 3.63) is 24.4 Å². The van der Waals surface area contributed by atoms with Crippen LogP contribution in [0.1, 0.15) is 6.92 Å². The van der Waals surface area contributed by atoms with Gasteiger partial charge in [0.15, 0.2) is 0 Å². The zero-order chi connectivity index (χ0) is 13.7. The summed E-state index contributed by atoms with van der Waals surface area (Å²) in [6.45, 7) is 7.68. The van der Waals surface area contributed by atoms with Gasteiger partial charge in [-0.2, -0.15) is 0 Å². The molecule has 4 nitrogen and oxygen atoms in total. The van der Waals surface area contributed by atoms with Crippen molar-refractivity contribution in [1.29, 1.82) is 0 Å². The molecule has 0 saturated carbocycles. The third kappa shape index (κ3) is 4.12. The van der Waals surface area contributed by atoms with Crippen LogP contribution in [0.3, 0.4) is 0 Å². The third-order valence-electron chi connectivity index (χ3n) is 3.68. The van der Waals surface area contributed by atoms with Gasteiger partial charge in [-0.1, -0.05) is 0 Å². The summed E-state index contributed by atoms with van der Waals surface area (Å²) in [5.41, 5.74) is 0. The zero-order valence-electron chi connectivity index (χ0n) is 11.3. The van der Waals surface area contributed by atoms with E-state index in [0.29, 0.717) is 6.04 Å². The van der Waals surface area contributed by atoms with E-state index < -0.39 is 0 Å². The standard InChI is InChI=1S/C14H20N3O.W/c1-3-4-5-6-15-7-9-16(10-8-15)14-11-17(12-14)13(2)18;/h1,3-5,14H,7-12H2,2H3;/q-1;/b4-3-;. The van der Waals surface area contributed by atoms with Gasteiger partial charge < -0.3 is 0 Å². The summed E-state index contributed by atoms with van der Waals surface area (Å²) in [6, 6.07) is 0.576. The molecule has 2 fully saturated rings. The van der Waals surface area contributed by atoms with Crippen molar-refractivity contribution in [1.82, 2.24) is 14.7 Å². The van der Waals surface area contributed by atoms with Crippen molar-refractivity contribution in [2.24, 2.45) is 0 Å². The Morgan fingerprint density at radius 1 is 1.21 bits per heavy atom. The predicted octanol–water partition coefficient (Wildman–Crippen LogP) is 0.0568. The van der Waals surface area contributed by atoms with Gasteiger partial charge in [0, 0.05) is 6.92 Å². The van der Waals surface area contributed by atoms with Crippen LogP contribution in [-0.2, 0) is 24.1 Å². The fourth-order valence-corrected chi connectivity index (χ4v) is 2.73. The molecule has 104 valence electrons. The summed E-state index contributed by atoms with van der Waals surface area (Å²) in [5, 5.41) is 0. The normalized spacial score (nSPS) is 22.2. The third-order valence-corrected chi connectivity index (χ3v) is 4.25. The van der Waals surface area contributed by atoms with Crippen molar-refractivity contribution in [3.63, 3.8) is 0 Å². The van der Waals surface area contributed by atoms with Crippen LogP contribution in [0.25, 0.3) is 0 Å². The number of allylic oxidation sites excluding steroid dienone is 3. The minimum absolute atomic E-state index is 0.201. The quantitative estimate of drug-likeness (QED) is 0.467. The second-order valence-corrected chi connectivity index (χ2v) is 5.90. The summed E-state index contributed by atoms with van der Waals surface area (Å²) in [7, 11) is 0. The van der Waals surface area contributed by atoms with E-state index in [2.05, 4.69) is 20.4 Å². The van der Waals surface area contributed by atoms with Gasteiger partial charge in [0.25, 0.3) is 0 Å². The number of carbonyl (C=O) groups excluding carboxylic acids is 1. The average molecular weight is 430 g/mol. The van der Waals surface area contributed by atoms with Crippen LogP contribution in [0.15, 0.2) is 18.2 Å². The van der Waals surface area contributed by atoms with E-state index in [9.17, 15) is 4.79 Å². The summed E-state index contributed by atoms with van der Waals surface area (Å²) in [4.78, 5) is 17.8. The van der Waals surface area contributed by atoms with Crippen LogP contribution in [0, 0.1) is 6.20 Å². The molecule has 0 aromatic rings. The van der Waals surface area contributed by atoms with E-state index in [1.54, 1.807) is 6.92 Å². The monoisotopic (exact) mass is 430 g/mol. The molecule has 0 spiro atoms. The van der Waals surface area contributed by atoms with Gasteiger partial charge in [-0.15, -0.1) is 0 Å². The van der Waals surface area contributed by atoms with Crippen molar-refractivity contribution in [2.45, 2.75) is 13.0 Å². The average Bonchev–Trinajstić information content (AvgIpc) is 2.34. The molecule has 19 heavy (non-hydrogen) atoms. The summed E-state index contributed by atoms with van der Waals surface area (Å²) < 4.78 is 2.09. The number of likely N-dealkylation sites (tertiary alicyclic amines) is 1. The molecule has 0 aliphatic carbocycles. The number of hydrogen-bond acceptors (Lipinski definition) is 3. The fraction of sp³-hybridized carbons (Fsp3) is 0.571. The minimum atomic E-state index is 0.201. The number of nitrogens with zero attached hydrogens (tertiary/aromatic N) is 3. The van der Waals surface area contributed by atoms with Gasteiger partial charge >= 0.3 is 108 Å². The second kappa shape index (κ2) is 7.16. The zero-order valence-corrected chi connectivity index (χ0v) is 14.2. The van der Waals surface area contributed by atoms with E-state index in [1.807, 2.05) is 23.1 Å². The van der Waals surface area contributed by atoms with Gasteiger partial charge in [0.05, 0.1) is 0 Å². The van der Waals surface area contributed by atoms with E-state index in [0.717, 1.165) is 39.3 Å². The van der Waals surface area contributed by atoms with Gasteiger partial charge in [-0.3, -0.25) is 4.79 Å². The molecule has 0 aromatic heterocycles. The molecule has 0 unspecified atom stereocenters. The number of carbonyl (C=O) groups is 1. The van der Waals surface area contributed by atoms with Gasteiger partial charge in [-0.05, 0) is 0 Å². The molecular formula is C14H20N3OW-. The van der Waals surface area contributed by atoms with Gasteiger partial charge in [0.2, 0.25) is 5.91 Å². The molecule has 0 bridgehead atoms. The number of rotatable bonds is 4. The van der Waals surface area contributed by atoms with E-state index in [-0.39, 0.29) is 5.91 Å². The first-order chi connectivity index (χ1) is 9.20. The fourth-order valence-electron chi connectivity index (χ4n) is 2.41. The van der Waals surface area contributed by atoms with Crippen molar-refractivity contribution in [3.8, 4) is 0 Å². The molecule has 2 saturated heterocycles. The molecule has 2 aliphatic rings. The second-order valence-electron chi connectivity index (χ2n) is 4.92. The Bertz CT molecular complexity index is 380. The number of hydrogen-bond donors (Lipinski definition) is 0. The summed E-state index contributed by atoms with van der Waals surface area (Å²) in [6.07, 6.45) is 9.35. The van der Waals surface area contributed by atoms with Crippen LogP contribution < -0.4 is 0 Å². The molecule has 2 heterocycles. The SMILES string of the molecule is CC(=O)N1CC(N2CCN([C-]=C/C=C\[CH]=[W])CC2)C1. The van der Waals surface area contributed by atoms with E-state index in [4.69, 9.17) is 0 Å². The summed E-state index contributed by atoms with van der Waals surface area (Å²) in [5.74, 6) is 0.201. The van der Waals surface area contributed by atoms with Crippen LogP contribution in [0.2, 0.25) is 0 Å². The Kier molecular flexibility index (Phi) is 5.53. The Labute approximate surface area is 126 Å². The topological polar surface area (TPSA) is 26.8 Å². The van der Waals surface area contributed by atoms with E-state index in [1.165, 1.54) is 19.4 Å². The molecule has 0 radical (unpaired) electrons. The molecule has 2 aliphatic heterocycles. The Morgan fingerprint density at radius 3 is 2.47 bits per heavy atom. The number of amides is 1. The first-order valence-electron chi connectivity index (χ1n) is 6.65. The molecule has 1 amide bonds. The first kappa shape index (κ1) is 14.7. The summed E-state index contributed by atoms with van der Waals surface area (Å²) >= 11 is 1.47. The van der Waals surface area contributed by atoms with Crippen LogP contribution in [0.4, 0.5) is 0 Å². The van der Waals surface area contributed by atoms with Crippen molar-refractivity contribution >= 4 is 10.3 Å². The first-order valence-corrected chi connectivity index (χ1v) is 8.34. The molecule has 0 atom stereocenters. The Hall–Kier alpha value is -0.732. The Balaban J connectivity index is 1.69. The van der Waals surface area contributed by atoms with Crippen LogP contribution >= 0.6 is 0 Å². The molecule has 0 aromatic carbocycles.